The SMILES string of the molecule is C=CC(=O)N1C[C@H](C)N(C(=NC)c2cc(Cl)c(-c3ccc(F)cc3F)c3c2N(C=O)C[C@@H](CCCN2C(C)CCC2COC)O3)C[C@H]1C. The Balaban J connectivity index is 1.53. The number of amidine groups is 1. The van der Waals surface area contributed by atoms with Crippen LogP contribution in [0.2, 0.25) is 5.02 Å². The van der Waals surface area contributed by atoms with Crippen LogP contribution in [0.5, 0.6) is 5.75 Å². The molecular weight excluding hydrogens is 640 g/mol. The molecule has 2 aromatic carbocycles. The van der Waals surface area contributed by atoms with Gasteiger partial charge in [-0.1, -0.05) is 18.2 Å². The molecule has 9 nitrogen and oxygen atoms in total. The highest BCUT2D eigenvalue weighted by atomic mass is 35.5. The second-order valence-corrected chi connectivity index (χ2v) is 13.5. The fourth-order valence-corrected chi connectivity index (χ4v) is 7.84. The van der Waals surface area contributed by atoms with E-state index >= 15 is 4.39 Å². The third kappa shape index (κ3) is 7.09. The molecule has 2 saturated heterocycles. The number of ether oxygens (including phenoxy) is 2. The minimum atomic E-state index is -0.794. The lowest BCUT2D eigenvalue weighted by Crippen LogP contribution is -2.59. The largest absolute Gasteiger partial charge is 0.486 e. The zero-order valence-electron chi connectivity index (χ0n) is 28.4. The first-order valence-corrected chi connectivity index (χ1v) is 17.0. The molecule has 0 radical (unpaired) electrons. The number of benzene rings is 2. The molecule has 2 aromatic rings. The molecule has 260 valence electrons. The van der Waals surface area contributed by atoms with Gasteiger partial charge in [0.05, 0.1) is 23.9 Å². The summed E-state index contributed by atoms with van der Waals surface area (Å²) in [4.78, 5) is 38.0. The highest BCUT2D eigenvalue weighted by Gasteiger charge is 2.39. The maximum absolute atomic E-state index is 15.4. The van der Waals surface area contributed by atoms with Crippen LogP contribution < -0.4 is 9.64 Å². The Labute approximate surface area is 287 Å². The van der Waals surface area contributed by atoms with Crippen molar-refractivity contribution >= 4 is 35.4 Å². The molecule has 12 heteroatoms. The van der Waals surface area contributed by atoms with Gasteiger partial charge in [0.15, 0.2) is 5.75 Å². The molecular formula is C36H46ClF2N5O4. The maximum Gasteiger partial charge on any atom is 0.246 e. The fourth-order valence-electron chi connectivity index (χ4n) is 7.54. The van der Waals surface area contributed by atoms with Gasteiger partial charge < -0.3 is 24.2 Å². The van der Waals surface area contributed by atoms with Crippen molar-refractivity contribution in [2.24, 2.45) is 4.99 Å². The van der Waals surface area contributed by atoms with E-state index in [9.17, 15) is 14.0 Å². The quantitative estimate of drug-likeness (QED) is 0.137. The molecule has 0 aliphatic carbocycles. The van der Waals surface area contributed by atoms with Crippen LogP contribution >= 0.6 is 11.6 Å². The van der Waals surface area contributed by atoms with Crippen LogP contribution in [0.25, 0.3) is 11.1 Å². The summed E-state index contributed by atoms with van der Waals surface area (Å²) in [5.74, 6) is -0.843. The molecule has 5 atom stereocenters. The Hall–Kier alpha value is -3.54. The number of carbonyl (C=O) groups is 2. The Morgan fingerprint density at radius 2 is 1.83 bits per heavy atom. The van der Waals surface area contributed by atoms with Crippen molar-refractivity contribution in [2.45, 2.75) is 76.7 Å². The second-order valence-electron chi connectivity index (χ2n) is 13.1. The number of methoxy groups -OCH3 is 1. The topological polar surface area (TPSA) is 77.9 Å². The summed E-state index contributed by atoms with van der Waals surface area (Å²) in [6, 6.07) is 5.53. The lowest BCUT2D eigenvalue weighted by molar-refractivity contribution is -0.130. The number of fused-ring (bicyclic) bond motifs is 1. The molecule has 5 rings (SSSR count). The van der Waals surface area contributed by atoms with Gasteiger partial charge in [0, 0.05) is 74.2 Å². The lowest BCUT2D eigenvalue weighted by atomic mass is 9.95. The first-order chi connectivity index (χ1) is 23.0. The van der Waals surface area contributed by atoms with Crippen LogP contribution in [-0.4, -0.2) is 110 Å². The lowest BCUT2D eigenvalue weighted by Gasteiger charge is -2.46. The van der Waals surface area contributed by atoms with Gasteiger partial charge in [0.25, 0.3) is 0 Å². The fraction of sp³-hybridized carbons (Fsp3) is 0.528. The van der Waals surface area contributed by atoms with E-state index in [0.29, 0.717) is 55.3 Å². The predicted octanol–water partition coefficient (Wildman–Crippen LogP) is 5.77. The molecule has 0 aromatic heterocycles. The standard InChI is InChI=1S/C36H46ClF2N5O4/c1-7-32(46)43-17-24(4)44(18-23(43)3)36(40-5)29-16-30(37)33(28-13-11-25(38)15-31(28)39)35-34(29)41(21-45)19-27(48-35)9-8-14-42-22(2)10-12-26(42)20-47-6/h7,11,13,15-16,21-24,26-27H,1,8-10,12,14,17-20H2,2-6H3/t22?,23-,24+,26?,27-/m1/s1. The van der Waals surface area contributed by atoms with Gasteiger partial charge >= 0.3 is 0 Å². The van der Waals surface area contributed by atoms with Crippen LogP contribution in [0.15, 0.2) is 41.9 Å². The molecule has 48 heavy (non-hydrogen) atoms. The number of amides is 2. The number of carbonyl (C=O) groups excluding carboxylic acids is 2. The predicted molar refractivity (Wildman–Crippen MR) is 185 cm³/mol. The summed E-state index contributed by atoms with van der Waals surface area (Å²) in [6.07, 6.45) is 5.34. The van der Waals surface area contributed by atoms with Gasteiger partial charge in [0.1, 0.15) is 23.6 Å². The smallest absolute Gasteiger partial charge is 0.246 e. The summed E-state index contributed by atoms with van der Waals surface area (Å²) < 4.78 is 41.6. The van der Waals surface area contributed by atoms with Crippen LogP contribution in [-0.2, 0) is 14.3 Å². The average molecular weight is 686 g/mol. The normalized spacial score (nSPS) is 24.8. The van der Waals surface area contributed by atoms with Crippen molar-refractivity contribution in [3.63, 3.8) is 0 Å². The summed E-state index contributed by atoms with van der Waals surface area (Å²) in [5, 5.41) is 0.177. The minimum absolute atomic E-state index is 0.0672. The van der Waals surface area contributed by atoms with Gasteiger partial charge in [-0.3, -0.25) is 19.5 Å². The average Bonchev–Trinajstić information content (AvgIpc) is 3.41. The third-order valence-corrected chi connectivity index (χ3v) is 10.2. The monoisotopic (exact) mass is 685 g/mol. The highest BCUT2D eigenvalue weighted by Crippen LogP contribution is 2.49. The molecule has 2 amide bonds. The number of likely N-dealkylation sites (tertiary alicyclic amines) is 1. The number of hydrogen-bond donors (Lipinski definition) is 0. The van der Waals surface area contributed by atoms with E-state index in [0.717, 1.165) is 38.3 Å². The molecule has 3 aliphatic rings. The number of hydrogen-bond acceptors (Lipinski definition) is 6. The Morgan fingerprint density at radius 3 is 2.50 bits per heavy atom. The number of aliphatic imine (C=N–C) groups is 1. The van der Waals surface area contributed by atoms with Gasteiger partial charge in [-0.15, -0.1) is 0 Å². The van der Waals surface area contributed by atoms with Gasteiger partial charge in [-0.2, -0.15) is 0 Å². The Kier molecular flexibility index (Phi) is 11.4. The number of rotatable bonds is 10. The molecule has 3 heterocycles. The van der Waals surface area contributed by atoms with Crippen molar-refractivity contribution in [1.82, 2.24) is 14.7 Å². The van der Waals surface area contributed by atoms with E-state index in [-0.39, 0.29) is 46.4 Å². The van der Waals surface area contributed by atoms with Crippen LogP contribution in [0.1, 0.15) is 52.0 Å². The van der Waals surface area contributed by atoms with Crippen molar-refractivity contribution in [3.8, 4) is 16.9 Å². The van der Waals surface area contributed by atoms with E-state index in [1.165, 1.54) is 18.2 Å². The zero-order valence-corrected chi connectivity index (χ0v) is 29.2. The van der Waals surface area contributed by atoms with Gasteiger partial charge in [0.2, 0.25) is 12.3 Å². The van der Waals surface area contributed by atoms with Crippen molar-refractivity contribution < 1.29 is 27.8 Å². The molecule has 3 aliphatic heterocycles. The molecule has 0 spiro atoms. The first kappa shape index (κ1) is 35.8. The molecule has 0 saturated carbocycles. The van der Waals surface area contributed by atoms with Crippen molar-refractivity contribution in [1.29, 1.82) is 0 Å². The molecule has 0 N–H and O–H groups in total. The second kappa shape index (κ2) is 15.3. The number of nitrogens with zero attached hydrogens (tertiary/aromatic N) is 5. The maximum atomic E-state index is 15.4. The molecule has 0 bridgehead atoms. The first-order valence-electron chi connectivity index (χ1n) is 16.6. The van der Waals surface area contributed by atoms with E-state index in [4.69, 9.17) is 21.1 Å². The van der Waals surface area contributed by atoms with Crippen LogP contribution in [0, 0.1) is 11.6 Å². The number of halogens is 3. The summed E-state index contributed by atoms with van der Waals surface area (Å²) in [5.41, 5.74) is 1.28. The summed E-state index contributed by atoms with van der Waals surface area (Å²) in [6.45, 7) is 12.6. The summed E-state index contributed by atoms with van der Waals surface area (Å²) >= 11 is 6.99. The van der Waals surface area contributed by atoms with E-state index in [2.05, 4.69) is 28.3 Å². The summed E-state index contributed by atoms with van der Waals surface area (Å²) in [7, 11) is 3.39. The molecule has 2 unspecified atom stereocenters. The van der Waals surface area contributed by atoms with E-state index in [1.807, 2.05) is 13.8 Å². The van der Waals surface area contributed by atoms with Crippen LogP contribution in [0.3, 0.4) is 0 Å². The minimum Gasteiger partial charge on any atom is -0.486 e. The van der Waals surface area contributed by atoms with Gasteiger partial charge in [-0.25, -0.2) is 8.78 Å². The molecule has 2 fully saturated rings. The van der Waals surface area contributed by atoms with Crippen LogP contribution in [0.4, 0.5) is 14.5 Å². The van der Waals surface area contributed by atoms with E-state index in [1.54, 1.807) is 30.0 Å². The number of anilines is 1. The van der Waals surface area contributed by atoms with Crippen molar-refractivity contribution in [3.05, 3.63) is 59.1 Å². The van der Waals surface area contributed by atoms with Gasteiger partial charge in [-0.05, 0) is 77.3 Å². The number of piperazine rings is 1. The third-order valence-electron chi connectivity index (χ3n) is 9.93. The highest BCUT2D eigenvalue weighted by molar-refractivity contribution is 6.35. The zero-order chi connectivity index (χ0) is 34.7. The Bertz CT molecular complexity index is 1550. The van der Waals surface area contributed by atoms with E-state index < -0.39 is 17.7 Å². The Morgan fingerprint density at radius 1 is 1.10 bits per heavy atom. The van der Waals surface area contributed by atoms with Crippen molar-refractivity contribution in [2.75, 3.05) is 51.8 Å².